The zero-order valence-corrected chi connectivity index (χ0v) is 24.0. The standard InChI is InChI=1S/C31H48N4O4/c1-20(2)30(38)34-13-11-24(18-34)28(36)32-26-9-5-7-22(16-26)15-23-8-6-10-27(17-23)33-29(37)25-12-14-35(19-25)31(39)21(3)4/h22-27H,1,3,5-19H2,2,4H3,(H,32,36)(H,33,37). The van der Waals surface area contributed by atoms with E-state index >= 15 is 0 Å². The van der Waals surface area contributed by atoms with Crippen LogP contribution in [0.2, 0.25) is 0 Å². The Hall–Kier alpha value is -2.64. The molecule has 0 aromatic heterocycles. The van der Waals surface area contributed by atoms with Gasteiger partial charge in [-0.3, -0.25) is 19.2 Å². The summed E-state index contributed by atoms with van der Waals surface area (Å²) in [4.78, 5) is 53.8. The first kappa shape index (κ1) is 29.3. The molecule has 4 fully saturated rings. The highest BCUT2D eigenvalue weighted by Gasteiger charge is 2.35. The average molecular weight is 541 g/mol. The number of rotatable bonds is 8. The van der Waals surface area contributed by atoms with E-state index in [9.17, 15) is 19.2 Å². The Bertz CT molecular complexity index is 902. The highest BCUT2D eigenvalue weighted by atomic mass is 16.2. The number of carbonyl (C=O) groups is 4. The van der Waals surface area contributed by atoms with Crippen LogP contribution in [0.25, 0.3) is 0 Å². The van der Waals surface area contributed by atoms with Crippen molar-refractivity contribution in [1.82, 2.24) is 20.4 Å². The summed E-state index contributed by atoms with van der Waals surface area (Å²) in [5.41, 5.74) is 1.05. The molecule has 216 valence electrons. The molecule has 6 atom stereocenters. The van der Waals surface area contributed by atoms with Crippen molar-refractivity contribution in [3.05, 3.63) is 24.3 Å². The minimum atomic E-state index is -0.123. The van der Waals surface area contributed by atoms with E-state index in [1.165, 1.54) is 12.8 Å². The summed E-state index contributed by atoms with van der Waals surface area (Å²) >= 11 is 0. The van der Waals surface area contributed by atoms with Crippen LogP contribution in [0.1, 0.15) is 84.5 Å². The van der Waals surface area contributed by atoms with Crippen molar-refractivity contribution in [1.29, 1.82) is 0 Å². The maximum Gasteiger partial charge on any atom is 0.248 e. The van der Waals surface area contributed by atoms with E-state index in [2.05, 4.69) is 23.8 Å². The fourth-order valence-electron chi connectivity index (χ4n) is 7.24. The Labute approximate surface area is 234 Å². The Balaban J connectivity index is 1.19. The molecule has 0 aromatic carbocycles. The van der Waals surface area contributed by atoms with Crippen LogP contribution in [0.15, 0.2) is 24.3 Å². The molecule has 0 radical (unpaired) electrons. The van der Waals surface area contributed by atoms with Gasteiger partial charge in [-0.1, -0.05) is 38.8 Å². The van der Waals surface area contributed by atoms with Gasteiger partial charge in [-0.15, -0.1) is 0 Å². The second kappa shape index (κ2) is 13.1. The maximum atomic E-state index is 13.0. The number of nitrogens with zero attached hydrogens (tertiary/aromatic N) is 2. The van der Waals surface area contributed by atoms with Gasteiger partial charge in [0.2, 0.25) is 23.6 Å². The fraction of sp³-hybridized carbons (Fsp3) is 0.742. The summed E-state index contributed by atoms with van der Waals surface area (Å²) in [5, 5.41) is 6.62. The largest absolute Gasteiger partial charge is 0.353 e. The number of carbonyl (C=O) groups excluding carboxylic acids is 4. The molecule has 2 saturated carbocycles. The molecule has 2 N–H and O–H groups in total. The molecular weight excluding hydrogens is 492 g/mol. The molecule has 4 rings (SSSR count). The molecule has 2 aliphatic carbocycles. The zero-order chi connectivity index (χ0) is 28.1. The highest BCUT2D eigenvalue weighted by Crippen LogP contribution is 2.36. The minimum Gasteiger partial charge on any atom is -0.353 e. The summed E-state index contributed by atoms with van der Waals surface area (Å²) in [5.74, 6) is 1.04. The maximum absolute atomic E-state index is 13.0. The van der Waals surface area contributed by atoms with Crippen LogP contribution < -0.4 is 10.6 Å². The minimum absolute atomic E-state index is 0.0481. The molecule has 2 saturated heterocycles. The smallest absolute Gasteiger partial charge is 0.248 e. The molecule has 2 heterocycles. The number of amides is 4. The summed E-state index contributed by atoms with van der Waals surface area (Å²) in [6.07, 6.45) is 11.4. The normalized spacial score (nSPS) is 31.0. The van der Waals surface area contributed by atoms with Crippen molar-refractivity contribution in [3.63, 3.8) is 0 Å². The van der Waals surface area contributed by atoms with Gasteiger partial charge in [0.15, 0.2) is 0 Å². The van der Waals surface area contributed by atoms with E-state index in [0.29, 0.717) is 49.2 Å². The number of nitrogens with one attached hydrogen (secondary N) is 2. The third-order valence-corrected chi connectivity index (χ3v) is 9.35. The Morgan fingerprint density at radius 1 is 0.667 bits per heavy atom. The van der Waals surface area contributed by atoms with E-state index in [1.807, 2.05) is 0 Å². The van der Waals surface area contributed by atoms with Gasteiger partial charge in [-0.25, -0.2) is 0 Å². The Morgan fingerprint density at radius 3 is 1.46 bits per heavy atom. The first-order chi connectivity index (χ1) is 18.6. The van der Waals surface area contributed by atoms with Crippen LogP contribution in [-0.2, 0) is 19.2 Å². The third kappa shape index (κ3) is 7.73. The van der Waals surface area contributed by atoms with Gasteiger partial charge in [-0.2, -0.15) is 0 Å². The van der Waals surface area contributed by atoms with Crippen LogP contribution >= 0.6 is 0 Å². The number of hydrogen-bond acceptors (Lipinski definition) is 4. The fourth-order valence-corrected chi connectivity index (χ4v) is 7.24. The molecule has 0 spiro atoms. The highest BCUT2D eigenvalue weighted by molar-refractivity contribution is 5.93. The van der Waals surface area contributed by atoms with E-state index < -0.39 is 0 Å². The number of likely N-dealkylation sites (tertiary alicyclic amines) is 2. The van der Waals surface area contributed by atoms with Crippen molar-refractivity contribution < 1.29 is 19.2 Å². The Morgan fingerprint density at radius 2 is 1.08 bits per heavy atom. The topological polar surface area (TPSA) is 98.8 Å². The molecule has 0 aromatic rings. The van der Waals surface area contributed by atoms with Crippen LogP contribution in [0, 0.1) is 23.7 Å². The Kier molecular flexibility index (Phi) is 9.89. The second-order valence-corrected chi connectivity index (χ2v) is 12.7. The van der Waals surface area contributed by atoms with Crippen molar-refractivity contribution in [2.75, 3.05) is 26.2 Å². The van der Waals surface area contributed by atoms with E-state index in [1.54, 1.807) is 23.6 Å². The number of hydrogen-bond donors (Lipinski definition) is 2. The first-order valence-electron chi connectivity index (χ1n) is 15.1. The van der Waals surface area contributed by atoms with Crippen molar-refractivity contribution in [3.8, 4) is 0 Å². The van der Waals surface area contributed by atoms with Crippen molar-refractivity contribution >= 4 is 23.6 Å². The predicted molar refractivity (Wildman–Crippen MR) is 151 cm³/mol. The summed E-state index contributed by atoms with van der Waals surface area (Å²) in [6, 6.07) is 0.432. The third-order valence-electron chi connectivity index (χ3n) is 9.35. The molecule has 4 amide bonds. The van der Waals surface area contributed by atoms with Crippen LogP contribution in [-0.4, -0.2) is 71.7 Å². The lowest BCUT2D eigenvalue weighted by molar-refractivity contribution is -0.129. The first-order valence-corrected chi connectivity index (χ1v) is 15.1. The SMILES string of the molecule is C=C(C)C(=O)N1CCC(C(=O)NC2CCCC(CC3CCCC(NC(=O)C4CCN(C(=O)C(=C)C)C4)C3)C2)C1. The predicted octanol–water partition coefficient (Wildman–Crippen LogP) is 3.58. The molecule has 6 unspecified atom stereocenters. The molecule has 8 heteroatoms. The molecule has 8 nitrogen and oxygen atoms in total. The molecule has 2 aliphatic heterocycles. The van der Waals surface area contributed by atoms with Gasteiger partial charge in [0.05, 0.1) is 11.8 Å². The van der Waals surface area contributed by atoms with Crippen molar-refractivity contribution in [2.45, 2.75) is 96.6 Å². The zero-order valence-electron chi connectivity index (χ0n) is 24.0. The van der Waals surface area contributed by atoms with Gasteiger partial charge in [0.25, 0.3) is 0 Å². The summed E-state index contributed by atoms with van der Waals surface area (Å²) < 4.78 is 0. The summed E-state index contributed by atoms with van der Waals surface area (Å²) in [6.45, 7) is 13.2. The quantitative estimate of drug-likeness (QED) is 0.460. The van der Waals surface area contributed by atoms with Gasteiger partial charge in [0.1, 0.15) is 0 Å². The van der Waals surface area contributed by atoms with Gasteiger partial charge >= 0.3 is 0 Å². The van der Waals surface area contributed by atoms with Crippen LogP contribution in [0.3, 0.4) is 0 Å². The summed E-state index contributed by atoms with van der Waals surface area (Å²) in [7, 11) is 0. The van der Waals surface area contributed by atoms with Crippen molar-refractivity contribution in [2.24, 2.45) is 23.7 Å². The lowest BCUT2D eigenvalue weighted by atomic mass is 9.75. The van der Waals surface area contributed by atoms with Gasteiger partial charge in [-0.05, 0) is 70.6 Å². The monoisotopic (exact) mass is 540 g/mol. The van der Waals surface area contributed by atoms with Gasteiger partial charge in [0, 0.05) is 49.4 Å². The molecule has 4 aliphatic rings. The lowest BCUT2D eigenvalue weighted by Crippen LogP contribution is -2.44. The van der Waals surface area contributed by atoms with Crippen LogP contribution in [0.4, 0.5) is 0 Å². The van der Waals surface area contributed by atoms with Crippen LogP contribution in [0.5, 0.6) is 0 Å². The van der Waals surface area contributed by atoms with E-state index in [0.717, 1.165) is 57.8 Å². The lowest BCUT2D eigenvalue weighted by Gasteiger charge is -2.36. The molecule has 0 bridgehead atoms. The van der Waals surface area contributed by atoms with E-state index in [4.69, 9.17) is 0 Å². The second-order valence-electron chi connectivity index (χ2n) is 12.7. The van der Waals surface area contributed by atoms with Gasteiger partial charge < -0.3 is 20.4 Å². The molecule has 39 heavy (non-hydrogen) atoms. The van der Waals surface area contributed by atoms with E-state index in [-0.39, 0.29) is 47.5 Å². The average Bonchev–Trinajstić information content (AvgIpc) is 3.59. The molecular formula is C31H48N4O4.